The third kappa shape index (κ3) is 5.83. The van der Waals surface area contributed by atoms with Crippen molar-refractivity contribution in [3.63, 3.8) is 0 Å². The number of hydrogen-bond donors (Lipinski definition) is 1. The zero-order chi connectivity index (χ0) is 27.9. The van der Waals surface area contributed by atoms with Crippen LogP contribution in [-0.4, -0.2) is 51.8 Å². The molecule has 5 rings (SSSR count). The van der Waals surface area contributed by atoms with Crippen LogP contribution in [0.15, 0.2) is 71.6 Å². The Morgan fingerprint density at radius 3 is 2.58 bits per heavy atom. The molecule has 4 aromatic rings. The summed E-state index contributed by atoms with van der Waals surface area (Å²) in [5.74, 6) is 0.443. The topological polar surface area (TPSA) is 125 Å². The van der Waals surface area contributed by atoms with E-state index in [0.717, 1.165) is 32.1 Å². The second-order valence-corrected chi connectivity index (χ2v) is 9.51. The molecule has 1 saturated carbocycles. The van der Waals surface area contributed by atoms with Crippen LogP contribution in [0.1, 0.15) is 61.2 Å². The first-order chi connectivity index (χ1) is 19.6. The van der Waals surface area contributed by atoms with Gasteiger partial charge in [-0.25, -0.2) is 0 Å². The van der Waals surface area contributed by atoms with Crippen LogP contribution in [0, 0.1) is 0 Å². The lowest BCUT2D eigenvalue weighted by Crippen LogP contribution is -2.47. The highest BCUT2D eigenvalue weighted by atomic mass is 16.5. The molecule has 2 heterocycles. The predicted octanol–water partition coefficient (Wildman–Crippen LogP) is 4.50. The molecule has 40 heavy (non-hydrogen) atoms. The van der Waals surface area contributed by atoms with Crippen LogP contribution in [0.4, 0.5) is 5.69 Å². The Kier molecular flexibility index (Phi) is 8.38. The summed E-state index contributed by atoms with van der Waals surface area (Å²) in [7, 11) is 1.52. The molecule has 0 aliphatic heterocycles. The fourth-order valence-electron chi connectivity index (χ4n) is 5.04. The Morgan fingerprint density at radius 2 is 1.93 bits per heavy atom. The Balaban J connectivity index is 1.61. The third-order valence-corrected chi connectivity index (χ3v) is 6.95. The Labute approximate surface area is 232 Å². The van der Waals surface area contributed by atoms with Crippen LogP contribution < -0.4 is 19.7 Å². The first kappa shape index (κ1) is 26.9. The van der Waals surface area contributed by atoms with Crippen molar-refractivity contribution in [3.05, 3.63) is 78.5 Å². The molecule has 0 radical (unpaired) electrons. The summed E-state index contributed by atoms with van der Waals surface area (Å²) in [6, 6.07) is 14.6. The molecule has 2 aromatic carbocycles. The molecule has 208 valence electrons. The third-order valence-electron chi connectivity index (χ3n) is 6.95. The highest BCUT2D eigenvalue weighted by Crippen LogP contribution is 2.35. The van der Waals surface area contributed by atoms with Crippen LogP contribution in [0.25, 0.3) is 5.69 Å². The lowest BCUT2D eigenvalue weighted by Gasteiger charge is -2.33. The molecule has 0 spiro atoms. The summed E-state index contributed by atoms with van der Waals surface area (Å²) in [6.45, 7) is 2.42. The lowest BCUT2D eigenvalue weighted by molar-refractivity contribution is -0.123. The number of ether oxygens (including phenoxy) is 2. The number of nitrogens with one attached hydrogen (secondary N) is 1. The van der Waals surface area contributed by atoms with Crippen molar-refractivity contribution >= 4 is 17.5 Å². The van der Waals surface area contributed by atoms with Gasteiger partial charge in [0.05, 0.1) is 20.0 Å². The van der Waals surface area contributed by atoms with Gasteiger partial charge in [-0.2, -0.15) is 4.68 Å². The van der Waals surface area contributed by atoms with Gasteiger partial charge in [-0.05, 0) is 72.2 Å². The van der Waals surface area contributed by atoms with E-state index < -0.39 is 11.9 Å². The number of tetrazole rings is 1. The molecule has 0 unspecified atom stereocenters. The van der Waals surface area contributed by atoms with Crippen molar-refractivity contribution in [1.82, 2.24) is 25.5 Å². The summed E-state index contributed by atoms with van der Waals surface area (Å²) >= 11 is 0. The average molecular weight is 545 g/mol. The van der Waals surface area contributed by atoms with Crippen molar-refractivity contribution in [2.24, 2.45) is 0 Å². The molecule has 1 N–H and O–H groups in total. The highest BCUT2D eigenvalue weighted by Gasteiger charge is 2.36. The molecule has 2 aromatic heterocycles. The molecule has 1 aliphatic rings. The molecular formula is C29H32N6O5. The Bertz CT molecular complexity index is 1400. The van der Waals surface area contributed by atoms with Gasteiger partial charge in [-0.1, -0.05) is 31.4 Å². The number of rotatable bonds is 10. The quantitative estimate of drug-likeness (QED) is 0.309. The zero-order valence-electron chi connectivity index (χ0n) is 22.5. The number of nitrogens with zero attached hydrogens (tertiary/aromatic N) is 5. The maximum atomic E-state index is 14.1. The Morgan fingerprint density at radius 1 is 1.12 bits per heavy atom. The first-order valence-corrected chi connectivity index (χ1v) is 13.4. The van der Waals surface area contributed by atoms with E-state index in [9.17, 15) is 9.59 Å². The minimum atomic E-state index is -1.00. The largest absolute Gasteiger partial charge is 0.494 e. The summed E-state index contributed by atoms with van der Waals surface area (Å²) in [5.41, 5.74) is 1.64. The molecular weight excluding hydrogens is 512 g/mol. The molecule has 0 saturated heterocycles. The van der Waals surface area contributed by atoms with Crippen molar-refractivity contribution in [3.8, 4) is 17.2 Å². The summed E-state index contributed by atoms with van der Waals surface area (Å²) in [4.78, 5) is 29.6. The number of aromatic nitrogens is 4. The molecule has 11 heteroatoms. The number of carbonyl (C=O) groups excluding carboxylic acids is 2. The van der Waals surface area contributed by atoms with Gasteiger partial charge in [0.25, 0.3) is 5.91 Å². The SMILES string of the molecule is CCOc1ccc([C@@H](C(=O)NC2CCCCC2)N(C(=O)c2ccco2)c2ccc(-n3cnnn3)c(OC)c2)cc1. The molecule has 11 nitrogen and oxygen atoms in total. The predicted molar refractivity (Wildman–Crippen MR) is 147 cm³/mol. The summed E-state index contributed by atoms with van der Waals surface area (Å²) in [5, 5.41) is 14.6. The van der Waals surface area contributed by atoms with E-state index in [1.54, 1.807) is 42.5 Å². The van der Waals surface area contributed by atoms with Crippen LogP contribution in [-0.2, 0) is 4.79 Å². The van der Waals surface area contributed by atoms with Crippen LogP contribution in [0.5, 0.6) is 11.5 Å². The Hall–Kier alpha value is -4.67. The van der Waals surface area contributed by atoms with Gasteiger partial charge in [0.2, 0.25) is 5.91 Å². The van der Waals surface area contributed by atoms with E-state index in [0.29, 0.717) is 35.0 Å². The minimum absolute atomic E-state index is 0.0451. The van der Waals surface area contributed by atoms with Gasteiger partial charge in [-0.15, -0.1) is 5.10 Å². The van der Waals surface area contributed by atoms with Crippen molar-refractivity contribution in [2.75, 3.05) is 18.6 Å². The summed E-state index contributed by atoms with van der Waals surface area (Å²) in [6.07, 6.45) is 7.97. The minimum Gasteiger partial charge on any atom is -0.494 e. The van der Waals surface area contributed by atoms with Crippen LogP contribution in [0.3, 0.4) is 0 Å². The smallest absolute Gasteiger partial charge is 0.294 e. The van der Waals surface area contributed by atoms with Crippen LogP contribution >= 0.6 is 0 Å². The van der Waals surface area contributed by atoms with Gasteiger partial charge in [0.1, 0.15) is 29.6 Å². The maximum Gasteiger partial charge on any atom is 0.294 e. The van der Waals surface area contributed by atoms with Crippen molar-refractivity contribution < 1.29 is 23.5 Å². The van der Waals surface area contributed by atoms with Gasteiger partial charge in [0, 0.05) is 17.8 Å². The fourth-order valence-corrected chi connectivity index (χ4v) is 5.04. The van der Waals surface area contributed by atoms with E-state index in [-0.39, 0.29) is 17.7 Å². The van der Waals surface area contributed by atoms with Gasteiger partial charge in [-0.3, -0.25) is 14.5 Å². The standard InChI is InChI=1S/C29H32N6O5/c1-3-39-23-14-11-20(12-15-23)27(28(36)31-21-8-5-4-6-9-21)35(29(37)25-10-7-17-40-25)22-13-16-24(26(18-22)38-2)34-19-30-32-33-34/h7,10-19,21,27H,3-6,8-9H2,1-2H3,(H,31,36)/t27-/m0/s1. The van der Waals surface area contributed by atoms with Crippen molar-refractivity contribution in [1.29, 1.82) is 0 Å². The number of amides is 2. The molecule has 1 fully saturated rings. The zero-order valence-corrected chi connectivity index (χ0v) is 22.5. The number of methoxy groups -OCH3 is 1. The summed E-state index contributed by atoms with van der Waals surface area (Å²) < 4.78 is 18.2. The lowest BCUT2D eigenvalue weighted by atomic mass is 9.94. The molecule has 1 aliphatic carbocycles. The van der Waals surface area contributed by atoms with E-state index >= 15 is 0 Å². The number of benzene rings is 2. The van der Waals surface area contributed by atoms with E-state index in [1.165, 1.54) is 29.3 Å². The molecule has 1 atom stereocenters. The van der Waals surface area contributed by atoms with Gasteiger partial charge < -0.3 is 19.2 Å². The number of furan rings is 1. The maximum absolute atomic E-state index is 14.1. The normalized spacial score (nSPS) is 14.3. The number of hydrogen-bond acceptors (Lipinski definition) is 8. The molecule has 2 amide bonds. The second kappa shape index (κ2) is 12.5. The monoisotopic (exact) mass is 544 g/mol. The van der Waals surface area contributed by atoms with E-state index in [4.69, 9.17) is 13.9 Å². The number of carbonyl (C=O) groups is 2. The van der Waals surface area contributed by atoms with Gasteiger partial charge >= 0.3 is 0 Å². The average Bonchev–Trinajstić information content (AvgIpc) is 3.72. The highest BCUT2D eigenvalue weighted by molar-refractivity contribution is 6.09. The van der Waals surface area contributed by atoms with E-state index in [1.807, 2.05) is 19.1 Å². The second-order valence-electron chi connectivity index (χ2n) is 9.51. The van der Waals surface area contributed by atoms with Crippen LogP contribution in [0.2, 0.25) is 0 Å². The molecule has 0 bridgehead atoms. The number of anilines is 1. The fraction of sp³-hybridized carbons (Fsp3) is 0.345. The first-order valence-electron chi connectivity index (χ1n) is 13.4. The van der Waals surface area contributed by atoms with E-state index in [2.05, 4.69) is 20.8 Å². The van der Waals surface area contributed by atoms with Crippen molar-refractivity contribution in [2.45, 2.75) is 51.1 Å². The van der Waals surface area contributed by atoms with Gasteiger partial charge in [0.15, 0.2) is 5.76 Å².